The van der Waals surface area contributed by atoms with E-state index in [9.17, 15) is 4.79 Å². The molecule has 0 saturated heterocycles. The lowest BCUT2D eigenvalue weighted by atomic mass is 10.2. The van der Waals surface area contributed by atoms with Crippen LogP contribution in [-0.4, -0.2) is 33.8 Å². The van der Waals surface area contributed by atoms with Gasteiger partial charge in [0.05, 0.1) is 0 Å². The van der Waals surface area contributed by atoms with Gasteiger partial charge in [-0.2, -0.15) is 0 Å². The fraction of sp³-hybridized carbons (Fsp3) is 0.400. The highest BCUT2D eigenvalue weighted by Gasteiger charge is 2.13. The maximum absolute atomic E-state index is 10.9. The second-order valence-corrected chi connectivity index (χ2v) is 3.78. The number of aliphatic hydroxyl groups excluding tert-OH is 1. The van der Waals surface area contributed by atoms with Crippen LogP contribution >= 0.6 is 11.6 Å². The first kappa shape index (κ1) is 12.7. The fourth-order valence-corrected chi connectivity index (χ4v) is 1.36. The average molecular weight is 245 g/mol. The number of hydrogen-bond acceptors (Lipinski definition) is 4. The normalized spacial score (nSPS) is 12.2. The Bertz CT molecular complexity index is 384. The number of hydrogen-bond donors (Lipinski definition) is 3. The number of halogens is 1. The largest absolute Gasteiger partial charge is 0.478 e. The monoisotopic (exact) mass is 244 g/mol. The summed E-state index contributed by atoms with van der Waals surface area (Å²) >= 11 is 5.69. The molecule has 0 aliphatic carbocycles. The number of anilines is 1. The molecule has 0 aliphatic rings. The van der Waals surface area contributed by atoms with E-state index in [4.69, 9.17) is 21.8 Å². The molecular weight excluding hydrogens is 232 g/mol. The molecule has 6 heteroatoms. The van der Waals surface area contributed by atoms with E-state index in [0.717, 1.165) is 0 Å². The Hall–Kier alpha value is -1.33. The first-order valence-electron chi connectivity index (χ1n) is 4.82. The summed E-state index contributed by atoms with van der Waals surface area (Å²) in [5.41, 5.74) is 0.0641. The van der Waals surface area contributed by atoms with Gasteiger partial charge in [0.1, 0.15) is 16.5 Å². The van der Waals surface area contributed by atoms with E-state index in [1.807, 2.05) is 6.92 Å². The van der Waals surface area contributed by atoms with Crippen molar-refractivity contribution in [2.45, 2.75) is 19.4 Å². The molecule has 0 aromatic carbocycles. The molecule has 3 N–H and O–H groups in total. The smallest absolute Gasteiger partial charge is 0.339 e. The van der Waals surface area contributed by atoms with Gasteiger partial charge < -0.3 is 15.5 Å². The summed E-state index contributed by atoms with van der Waals surface area (Å²) < 4.78 is 0. The lowest BCUT2D eigenvalue weighted by molar-refractivity contribution is 0.0697. The maximum atomic E-state index is 10.9. The predicted molar refractivity (Wildman–Crippen MR) is 61.0 cm³/mol. The quantitative estimate of drug-likeness (QED) is 0.686. The van der Waals surface area contributed by atoms with Gasteiger partial charge in [-0.1, -0.05) is 11.6 Å². The van der Waals surface area contributed by atoms with Gasteiger partial charge in [0.2, 0.25) is 0 Å². The number of rotatable bonds is 5. The lowest BCUT2D eigenvalue weighted by Gasteiger charge is -2.14. The third-order valence-corrected chi connectivity index (χ3v) is 2.25. The van der Waals surface area contributed by atoms with Crippen LogP contribution in [-0.2, 0) is 0 Å². The number of carboxylic acids is 1. The van der Waals surface area contributed by atoms with Crippen molar-refractivity contribution in [2.24, 2.45) is 0 Å². The van der Waals surface area contributed by atoms with Gasteiger partial charge in [0.25, 0.3) is 0 Å². The van der Waals surface area contributed by atoms with E-state index in [2.05, 4.69) is 10.3 Å². The molecule has 1 rings (SSSR count). The zero-order chi connectivity index (χ0) is 12.1. The number of aliphatic hydroxyl groups is 1. The van der Waals surface area contributed by atoms with Crippen LogP contribution in [0.15, 0.2) is 12.1 Å². The second-order valence-electron chi connectivity index (χ2n) is 3.39. The Labute approximate surface area is 98.1 Å². The average Bonchev–Trinajstić information content (AvgIpc) is 2.17. The molecule has 0 radical (unpaired) electrons. The molecule has 1 aromatic heterocycles. The molecule has 0 saturated carbocycles. The molecule has 0 aliphatic heterocycles. The number of aromatic nitrogens is 1. The van der Waals surface area contributed by atoms with Crippen molar-refractivity contribution in [3.63, 3.8) is 0 Å². The SMILES string of the molecule is CC(CCO)Nc1nc(Cl)ccc1C(=O)O. The van der Waals surface area contributed by atoms with Crippen LogP contribution in [0.2, 0.25) is 5.15 Å². The Balaban J connectivity index is 2.92. The minimum Gasteiger partial charge on any atom is -0.478 e. The molecule has 1 heterocycles. The number of nitrogens with zero attached hydrogens (tertiary/aromatic N) is 1. The maximum Gasteiger partial charge on any atom is 0.339 e. The van der Waals surface area contributed by atoms with E-state index in [0.29, 0.717) is 6.42 Å². The van der Waals surface area contributed by atoms with Crippen molar-refractivity contribution in [2.75, 3.05) is 11.9 Å². The lowest BCUT2D eigenvalue weighted by Crippen LogP contribution is -2.19. The molecule has 1 aromatic rings. The Morgan fingerprint density at radius 2 is 2.31 bits per heavy atom. The van der Waals surface area contributed by atoms with Crippen molar-refractivity contribution < 1.29 is 15.0 Å². The molecule has 0 bridgehead atoms. The standard InChI is InChI=1S/C10H13ClN2O3/c1-6(4-5-14)12-9-7(10(15)16)2-3-8(11)13-9/h2-3,6,14H,4-5H2,1H3,(H,12,13)(H,15,16). The second kappa shape index (κ2) is 5.67. The number of carbonyl (C=O) groups is 1. The molecule has 16 heavy (non-hydrogen) atoms. The van der Waals surface area contributed by atoms with Crippen LogP contribution in [0.3, 0.4) is 0 Å². The summed E-state index contributed by atoms with van der Waals surface area (Å²) in [6, 6.07) is 2.74. The first-order valence-corrected chi connectivity index (χ1v) is 5.19. The summed E-state index contributed by atoms with van der Waals surface area (Å²) in [5, 5.41) is 20.8. The summed E-state index contributed by atoms with van der Waals surface area (Å²) in [6.45, 7) is 1.85. The highest BCUT2D eigenvalue weighted by atomic mass is 35.5. The molecule has 88 valence electrons. The highest BCUT2D eigenvalue weighted by Crippen LogP contribution is 2.17. The van der Waals surface area contributed by atoms with Crippen LogP contribution in [0, 0.1) is 0 Å². The highest BCUT2D eigenvalue weighted by molar-refractivity contribution is 6.29. The topological polar surface area (TPSA) is 82.5 Å². The minimum absolute atomic E-state index is 0.0249. The van der Waals surface area contributed by atoms with Crippen molar-refractivity contribution in [3.8, 4) is 0 Å². The molecule has 1 atom stereocenters. The van der Waals surface area contributed by atoms with E-state index in [1.165, 1.54) is 12.1 Å². The molecule has 0 spiro atoms. The molecule has 1 unspecified atom stereocenters. The third-order valence-electron chi connectivity index (χ3n) is 2.04. The number of pyridine rings is 1. The van der Waals surface area contributed by atoms with Crippen LogP contribution < -0.4 is 5.32 Å². The van der Waals surface area contributed by atoms with Crippen molar-refractivity contribution in [1.82, 2.24) is 4.98 Å². The van der Waals surface area contributed by atoms with E-state index in [1.54, 1.807) is 0 Å². The van der Waals surface area contributed by atoms with Crippen molar-refractivity contribution in [3.05, 3.63) is 22.8 Å². The molecule has 0 fully saturated rings. The van der Waals surface area contributed by atoms with Gasteiger partial charge in [-0.05, 0) is 25.5 Å². The van der Waals surface area contributed by atoms with Gasteiger partial charge in [-0.25, -0.2) is 9.78 Å². The number of nitrogens with one attached hydrogen (secondary N) is 1. The summed E-state index contributed by atoms with van der Waals surface area (Å²) in [5.74, 6) is -0.844. The summed E-state index contributed by atoms with van der Waals surface area (Å²) in [6.07, 6.45) is 0.507. The minimum atomic E-state index is -1.07. The predicted octanol–water partition coefficient (Wildman–Crippen LogP) is 1.62. The number of aromatic carboxylic acids is 1. The zero-order valence-electron chi connectivity index (χ0n) is 8.77. The van der Waals surface area contributed by atoms with E-state index in [-0.39, 0.29) is 29.2 Å². The summed E-state index contributed by atoms with van der Waals surface area (Å²) in [4.78, 5) is 14.8. The molecular formula is C10H13ClN2O3. The van der Waals surface area contributed by atoms with Gasteiger partial charge in [0, 0.05) is 12.6 Å². The van der Waals surface area contributed by atoms with Crippen molar-refractivity contribution in [1.29, 1.82) is 0 Å². The van der Waals surface area contributed by atoms with Crippen LogP contribution in [0.25, 0.3) is 0 Å². The van der Waals surface area contributed by atoms with E-state index < -0.39 is 5.97 Å². The van der Waals surface area contributed by atoms with Crippen LogP contribution in [0.1, 0.15) is 23.7 Å². The van der Waals surface area contributed by atoms with Crippen LogP contribution in [0.4, 0.5) is 5.82 Å². The molecule has 0 amide bonds. The van der Waals surface area contributed by atoms with Gasteiger partial charge in [-0.3, -0.25) is 0 Å². The molecule has 5 nitrogen and oxygen atoms in total. The van der Waals surface area contributed by atoms with Gasteiger partial charge in [-0.15, -0.1) is 0 Å². The van der Waals surface area contributed by atoms with Crippen LogP contribution in [0.5, 0.6) is 0 Å². The first-order chi connectivity index (χ1) is 7.54. The third kappa shape index (κ3) is 3.36. The summed E-state index contributed by atoms with van der Waals surface area (Å²) in [7, 11) is 0. The van der Waals surface area contributed by atoms with Gasteiger partial charge in [0.15, 0.2) is 0 Å². The van der Waals surface area contributed by atoms with Crippen molar-refractivity contribution >= 4 is 23.4 Å². The Morgan fingerprint density at radius 1 is 1.62 bits per heavy atom. The fourth-order valence-electron chi connectivity index (χ4n) is 1.22. The van der Waals surface area contributed by atoms with Gasteiger partial charge >= 0.3 is 5.97 Å². The number of carboxylic acid groups (broad SMARTS) is 1. The Morgan fingerprint density at radius 3 is 2.88 bits per heavy atom. The van der Waals surface area contributed by atoms with E-state index >= 15 is 0 Å². The Kier molecular flexibility index (Phi) is 4.52. The zero-order valence-corrected chi connectivity index (χ0v) is 9.53.